The predicted molar refractivity (Wildman–Crippen MR) is 138 cm³/mol. The molecule has 1 amide bonds. The molecule has 1 N–H and O–H groups in total. The minimum absolute atomic E-state index is 0.0536. The maximum absolute atomic E-state index is 12.5. The monoisotopic (exact) mass is 476 g/mol. The van der Waals surface area contributed by atoms with Crippen LogP contribution in [0.4, 0.5) is 0 Å². The highest BCUT2D eigenvalue weighted by atomic mass is 32.2. The lowest BCUT2D eigenvalue weighted by Gasteiger charge is -2.20. The standard InChI is InChI=1S/C26H28N4O3S/c1-4-5-6-23-29-30-24(27)21(25(31)28-26(30)34-23)16-19-9-11-20(12-10-19)32-13-14-33-22-15-17(2)7-8-18(22)3/h7-12,15-16,27H,4-6,13-14H2,1-3H3/b21-16+,27-24?. The largest absolute Gasteiger partial charge is 0.490 e. The van der Waals surface area contributed by atoms with Crippen molar-refractivity contribution in [3.05, 3.63) is 64.7 Å². The second-order valence-electron chi connectivity index (χ2n) is 8.15. The molecule has 34 heavy (non-hydrogen) atoms. The van der Waals surface area contributed by atoms with E-state index in [9.17, 15) is 4.79 Å². The van der Waals surface area contributed by atoms with Crippen LogP contribution in [0.1, 0.15) is 42.9 Å². The number of carbonyl (C=O) groups excluding carboxylic acids is 1. The number of nitrogens with one attached hydrogen (secondary N) is 1. The van der Waals surface area contributed by atoms with E-state index < -0.39 is 5.91 Å². The summed E-state index contributed by atoms with van der Waals surface area (Å²) >= 11 is 1.37. The van der Waals surface area contributed by atoms with Crippen molar-refractivity contribution in [2.24, 2.45) is 10.1 Å². The van der Waals surface area contributed by atoms with Gasteiger partial charge in [-0.15, -0.1) is 0 Å². The number of ether oxygens (including phenoxy) is 2. The number of hydrazone groups is 1. The summed E-state index contributed by atoms with van der Waals surface area (Å²) in [5, 5.41) is 15.8. The predicted octanol–water partition coefficient (Wildman–Crippen LogP) is 5.57. The summed E-state index contributed by atoms with van der Waals surface area (Å²) in [5.41, 5.74) is 3.26. The molecule has 176 valence electrons. The summed E-state index contributed by atoms with van der Waals surface area (Å²) in [4.78, 5) is 16.7. The zero-order valence-electron chi connectivity index (χ0n) is 19.6. The van der Waals surface area contributed by atoms with E-state index in [1.54, 1.807) is 6.08 Å². The highest BCUT2D eigenvalue weighted by molar-refractivity contribution is 8.26. The Hall–Kier alpha value is -3.39. The number of amidine groups is 2. The van der Waals surface area contributed by atoms with Crippen LogP contribution in [0.25, 0.3) is 6.08 Å². The highest BCUT2D eigenvalue weighted by Gasteiger charge is 2.35. The molecule has 0 spiro atoms. The van der Waals surface area contributed by atoms with Crippen LogP contribution in [0.15, 0.2) is 58.1 Å². The molecule has 0 saturated carbocycles. The van der Waals surface area contributed by atoms with E-state index >= 15 is 0 Å². The minimum atomic E-state index is -0.417. The summed E-state index contributed by atoms with van der Waals surface area (Å²) in [6.07, 6.45) is 4.58. The van der Waals surface area contributed by atoms with Gasteiger partial charge in [0.1, 0.15) is 29.8 Å². The average Bonchev–Trinajstić information content (AvgIpc) is 3.24. The Bertz CT molecular complexity index is 1190. The molecule has 2 aromatic rings. The Balaban J connectivity index is 1.35. The van der Waals surface area contributed by atoms with Crippen LogP contribution in [0.5, 0.6) is 11.5 Å². The number of nitrogens with zero attached hydrogens (tertiary/aromatic N) is 3. The first kappa shape index (κ1) is 23.8. The second kappa shape index (κ2) is 10.7. The highest BCUT2D eigenvalue weighted by Crippen LogP contribution is 2.30. The molecule has 0 fully saturated rings. The molecule has 2 aliphatic rings. The number of thioether (sulfide) groups is 1. The van der Waals surface area contributed by atoms with Gasteiger partial charge < -0.3 is 9.47 Å². The zero-order chi connectivity index (χ0) is 24.1. The number of rotatable bonds is 9. The molecule has 8 heteroatoms. The average molecular weight is 477 g/mol. The van der Waals surface area contributed by atoms with Gasteiger partial charge in [-0.1, -0.05) is 37.6 Å². The van der Waals surface area contributed by atoms with Crippen molar-refractivity contribution in [3.8, 4) is 11.5 Å². The molecular formula is C26H28N4O3S. The van der Waals surface area contributed by atoms with Crippen molar-refractivity contribution in [2.75, 3.05) is 13.2 Å². The van der Waals surface area contributed by atoms with Gasteiger partial charge in [-0.2, -0.15) is 15.1 Å². The number of amides is 1. The lowest BCUT2D eigenvalue weighted by Crippen LogP contribution is -2.35. The number of aliphatic imine (C=N–C) groups is 1. The van der Waals surface area contributed by atoms with E-state index in [4.69, 9.17) is 14.9 Å². The van der Waals surface area contributed by atoms with Crippen molar-refractivity contribution in [2.45, 2.75) is 40.0 Å². The van der Waals surface area contributed by atoms with Crippen LogP contribution in [0.3, 0.4) is 0 Å². The number of aryl methyl sites for hydroxylation is 2. The molecule has 0 atom stereocenters. The summed E-state index contributed by atoms with van der Waals surface area (Å²) < 4.78 is 11.6. The Kier molecular flexibility index (Phi) is 7.47. The molecule has 0 aromatic heterocycles. The molecule has 2 aliphatic heterocycles. The smallest absolute Gasteiger partial charge is 0.283 e. The molecule has 2 heterocycles. The zero-order valence-corrected chi connectivity index (χ0v) is 20.4. The Morgan fingerprint density at radius 3 is 2.62 bits per heavy atom. The topological polar surface area (TPSA) is 87.3 Å². The van der Waals surface area contributed by atoms with Crippen molar-refractivity contribution in [1.82, 2.24) is 5.01 Å². The summed E-state index contributed by atoms with van der Waals surface area (Å²) in [6, 6.07) is 13.5. The molecule has 0 saturated heterocycles. The van der Waals surface area contributed by atoms with Gasteiger partial charge in [0.15, 0.2) is 5.84 Å². The van der Waals surface area contributed by atoms with Gasteiger partial charge in [-0.3, -0.25) is 10.2 Å². The fourth-order valence-electron chi connectivity index (χ4n) is 3.46. The van der Waals surface area contributed by atoms with Crippen LogP contribution in [-0.2, 0) is 4.79 Å². The Morgan fingerprint density at radius 2 is 1.85 bits per heavy atom. The molecule has 0 bridgehead atoms. The third-order valence-corrected chi connectivity index (χ3v) is 6.35. The van der Waals surface area contributed by atoms with Gasteiger partial charge in [-0.05, 0) is 79.4 Å². The lowest BCUT2D eigenvalue weighted by atomic mass is 10.1. The van der Waals surface area contributed by atoms with Crippen molar-refractivity contribution in [3.63, 3.8) is 0 Å². The van der Waals surface area contributed by atoms with Gasteiger partial charge in [0.2, 0.25) is 5.17 Å². The van der Waals surface area contributed by atoms with Gasteiger partial charge in [0, 0.05) is 0 Å². The van der Waals surface area contributed by atoms with Gasteiger partial charge in [0.25, 0.3) is 5.91 Å². The third-order valence-electron chi connectivity index (χ3n) is 5.38. The van der Waals surface area contributed by atoms with Crippen LogP contribution in [0, 0.1) is 19.3 Å². The quantitative estimate of drug-likeness (QED) is 0.378. The van der Waals surface area contributed by atoms with Crippen molar-refractivity contribution >= 4 is 39.8 Å². The van der Waals surface area contributed by atoms with Crippen LogP contribution in [0.2, 0.25) is 0 Å². The Labute approximate surface area is 204 Å². The van der Waals surface area contributed by atoms with E-state index in [-0.39, 0.29) is 11.4 Å². The number of fused-ring (bicyclic) bond motifs is 1. The second-order valence-corrected chi connectivity index (χ2v) is 9.19. The number of unbranched alkanes of at least 4 members (excludes halogenated alkanes) is 1. The van der Waals surface area contributed by atoms with E-state index in [2.05, 4.69) is 23.1 Å². The summed E-state index contributed by atoms with van der Waals surface area (Å²) in [6.45, 7) is 7.03. The minimum Gasteiger partial charge on any atom is -0.490 e. The first-order valence-electron chi connectivity index (χ1n) is 11.4. The van der Waals surface area contributed by atoms with Gasteiger partial charge in [-0.25, -0.2) is 0 Å². The van der Waals surface area contributed by atoms with E-state index in [1.165, 1.54) is 16.8 Å². The van der Waals surface area contributed by atoms with Crippen molar-refractivity contribution in [1.29, 1.82) is 5.41 Å². The number of carbonyl (C=O) groups is 1. The SMILES string of the molecule is CCCCC1=NN2C(=N)/C(=C\c3ccc(OCCOc4cc(C)ccc4C)cc3)C(=O)N=C2S1. The maximum atomic E-state index is 12.5. The van der Waals surface area contributed by atoms with E-state index in [0.717, 1.165) is 46.7 Å². The first-order valence-corrected chi connectivity index (χ1v) is 12.2. The fourth-order valence-corrected chi connectivity index (χ4v) is 4.39. The van der Waals surface area contributed by atoms with E-state index in [1.807, 2.05) is 50.2 Å². The third kappa shape index (κ3) is 5.56. The molecule has 4 rings (SSSR count). The Morgan fingerprint density at radius 1 is 1.09 bits per heavy atom. The summed E-state index contributed by atoms with van der Waals surface area (Å²) in [5.74, 6) is 1.21. The molecule has 7 nitrogen and oxygen atoms in total. The normalized spacial score (nSPS) is 16.4. The molecular weight excluding hydrogens is 448 g/mol. The molecule has 2 aromatic carbocycles. The van der Waals surface area contributed by atoms with Crippen molar-refractivity contribution < 1.29 is 14.3 Å². The maximum Gasteiger partial charge on any atom is 0.283 e. The lowest BCUT2D eigenvalue weighted by molar-refractivity contribution is -0.114. The van der Waals surface area contributed by atoms with Crippen LogP contribution < -0.4 is 9.47 Å². The summed E-state index contributed by atoms with van der Waals surface area (Å²) in [7, 11) is 0. The molecule has 0 aliphatic carbocycles. The van der Waals surface area contributed by atoms with Crippen LogP contribution >= 0.6 is 11.8 Å². The number of hydrogen-bond acceptors (Lipinski definition) is 6. The molecule has 0 radical (unpaired) electrons. The van der Waals surface area contributed by atoms with Gasteiger partial charge >= 0.3 is 0 Å². The van der Waals surface area contributed by atoms with Gasteiger partial charge in [0.05, 0.1) is 5.57 Å². The fraction of sp³-hybridized carbons (Fsp3) is 0.308. The number of benzene rings is 2. The first-order chi connectivity index (χ1) is 16.4. The number of hydrogen-bond donors (Lipinski definition) is 1. The molecule has 0 unspecified atom stereocenters. The van der Waals surface area contributed by atoms with E-state index in [0.29, 0.717) is 24.1 Å². The van der Waals surface area contributed by atoms with Crippen LogP contribution in [-0.4, -0.2) is 40.2 Å².